The number of sulfonamides is 1. The monoisotopic (exact) mass is 434 g/mol. The summed E-state index contributed by atoms with van der Waals surface area (Å²) in [5.74, 6) is 1.58. The van der Waals surface area contributed by atoms with Gasteiger partial charge < -0.3 is 23.8 Å². The van der Waals surface area contributed by atoms with Gasteiger partial charge in [-0.15, -0.1) is 0 Å². The van der Waals surface area contributed by atoms with Crippen LogP contribution in [0.5, 0.6) is 23.0 Å². The van der Waals surface area contributed by atoms with Gasteiger partial charge in [-0.3, -0.25) is 4.79 Å². The quantitative estimate of drug-likeness (QED) is 0.736. The van der Waals surface area contributed by atoms with Crippen molar-refractivity contribution in [1.29, 1.82) is 0 Å². The molecule has 0 bridgehead atoms. The molecule has 2 aliphatic rings. The van der Waals surface area contributed by atoms with Gasteiger partial charge >= 0.3 is 0 Å². The molecule has 2 aromatic rings. The standard InChI is InChI=1S/C20H22N2O7S/c1-26-15-4-6-17(27-2)19(11-15)30(24,25)21-13-9-20(23)22(12-13)14-3-5-16-18(10-14)29-8-7-28-16/h3-6,10-11,13,21H,7-9,12H2,1-2H3/t13-/m0/s1. The molecule has 4 rings (SSSR count). The zero-order chi connectivity index (χ0) is 21.3. The van der Waals surface area contributed by atoms with Crippen LogP contribution in [0.3, 0.4) is 0 Å². The minimum atomic E-state index is -3.94. The predicted octanol–water partition coefficient (Wildman–Crippen LogP) is 1.56. The van der Waals surface area contributed by atoms with E-state index in [0.717, 1.165) is 0 Å². The van der Waals surface area contributed by atoms with Crippen molar-refractivity contribution in [2.24, 2.45) is 0 Å². The number of methoxy groups -OCH3 is 2. The zero-order valence-electron chi connectivity index (χ0n) is 16.6. The molecule has 0 spiro atoms. The molecule has 2 aliphatic heterocycles. The van der Waals surface area contributed by atoms with Crippen LogP contribution in [0, 0.1) is 0 Å². The minimum Gasteiger partial charge on any atom is -0.497 e. The maximum atomic E-state index is 13.0. The summed E-state index contributed by atoms with van der Waals surface area (Å²) in [5, 5.41) is 0. The maximum Gasteiger partial charge on any atom is 0.244 e. The van der Waals surface area contributed by atoms with Gasteiger partial charge in [-0.1, -0.05) is 0 Å². The Morgan fingerprint density at radius 3 is 2.53 bits per heavy atom. The highest BCUT2D eigenvalue weighted by atomic mass is 32.2. The summed E-state index contributed by atoms with van der Waals surface area (Å²) in [6, 6.07) is 9.16. The van der Waals surface area contributed by atoms with E-state index in [1.807, 2.05) is 0 Å². The molecular weight excluding hydrogens is 412 g/mol. The third-order valence-electron chi connectivity index (χ3n) is 4.94. The van der Waals surface area contributed by atoms with Gasteiger partial charge in [0, 0.05) is 36.8 Å². The van der Waals surface area contributed by atoms with Crippen molar-refractivity contribution in [2.45, 2.75) is 17.4 Å². The first-order valence-corrected chi connectivity index (χ1v) is 10.8. The van der Waals surface area contributed by atoms with Gasteiger partial charge in [0.05, 0.1) is 14.2 Å². The van der Waals surface area contributed by atoms with Crippen LogP contribution in [-0.2, 0) is 14.8 Å². The summed E-state index contributed by atoms with van der Waals surface area (Å²) in [6.45, 7) is 1.12. The molecule has 2 heterocycles. The van der Waals surface area contributed by atoms with Crippen LogP contribution < -0.4 is 28.6 Å². The topological polar surface area (TPSA) is 103 Å². The van der Waals surface area contributed by atoms with Crippen molar-refractivity contribution in [3.8, 4) is 23.0 Å². The molecule has 1 fully saturated rings. The smallest absolute Gasteiger partial charge is 0.244 e. The molecule has 9 nitrogen and oxygen atoms in total. The highest BCUT2D eigenvalue weighted by molar-refractivity contribution is 7.89. The Morgan fingerprint density at radius 2 is 1.80 bits per heavy atom. The lowest BCUT2D eigenvalue weighted by molar-refractivity contribution is -0.117. The lowest BCUT2D eigenvalue weighted by Crippen LogP contribution is -2.37. The number of anilines is 1. The average molecular weight is 434 g/mol. The third kappa shape index (κ3) is 3.88. The molecule has 0 aromatic heterocycles. The lowest BCUT2D eigenvalue weighted by Gasteiger charge is -2.22. The zero-order valence-corrected chi connectivity index (χ0v) is 17.4. The summed E-state index contributed by atoms with van der Waals surface area (Å²) < 4.78 is 49.9. The summed E-state index contributed by atoms with van der Waals surface area (Å²) in [7, 11) is -1.10. The van der Waals surface area contributed by atoms with Crippen LogP contribution in [0.4, 0.5) is 5.69 Å². The molecule has 0 unspecified atom stereocenters. The Labute approximate surface area is 174 Å². The van der Waals surface area contributed by atoms with Gasteiger partial charge in [-0.2, -0.15) is 0 Å². The van der Waals surface area contributed by atoms with E-state index >= 15 is 0 Å². The first-order chi connectivity index (χ1) is 14.4. The number of carbonyl (C=O) groups excluding carboxylic acids is 1. The molecule has 1 saturated heterocycles. The van der Waals surface area contributed by atoms with E-state index in [0.29, 0.717) is 36.1 Å². The molecule has 30 heavy (non-hydrogen) atoms. The molecule has 1 amide bonds. The fraction of sp³-hybridized carbons (Fsp3) is 0.350. The third-order valence-corrected chi connectivity index (χ3v) is 6.49. The number of amides is 1. The predicted molar refractivity (Wildman–Crippen MR) is 108 cm³/mol. The number of benzene rings is 2. The minimum absolute atomic E-state index is 0.0416. The molecule has 0 saturated carbocycles. The fourth-order valence-electron chi connectivity index (χ4n) is 3.51. The number of fused-ring (bicyclic) bond motifs is 1. The van der Waals surface area contributed by atoms with Crippen LogP contribution in [0.2, 0.25) is 0 Å². The van der Waals surface area contributed by atoms with Crippen molar-refractivity contribution in [3.63, 3.8) is 0 Å². The van der Waals surface area contributed by atoms with Gasteiger partial charge in [-0.25, -0.2) is 13.1 Å². The number of carbonyl (C=O) groups is 1. The van der Waals surface area contributed by atoms with Crippen molar-refractivity contribution < 1.29 is 32.2 Å². The van der Waals surface area contributed by atoms with Crippen molar-refractivity contribution in [2.75, 3.05) is 38.9 Å². The van der Waals surface area contributed by atoms with Crippen molar-refractivity contribution in [1.82, 2.24) is 4.72 Å². The highest BCUT2D eigenvalue weighted by Gasteiger charge is 2.35. The molecule has 10 heteroatoms. The Balaban J connectivity index is 1.53. The lowest BCUT2D eigenvalue weighted by atomic mass is 10.2. The summed E-state index contributed by atoms with van der Waals surface area (Å²) in [6.07, 6.45) is 0.0416. The molecule has 0 radical (unpaired) electrons. The number of rotatable bonds is 6. The van der Waals surface area contributed by atoms with Gasteiger partial charge in [-0.05, 0) is 24.3 Å². The summed E-state index contributed by atoms with van der Waals surface area (Å²) in [5.41, 5.74) is 0.630. The summed E-state index contributed by atoms with van der Waals surface area (Å²) in [4.78, 5) is 14.1. The van der Waals surface area contributed by atoms with Crippen LogP contribution in [0.1, 0.15) is 6.42 Å². The molecule has 160 valence electrons. The van der Waals surface area contributed by atoms with Crippen LogP contribution in [-0.4, -0.2) is 54.3 Å². The van der Waals surface area contributed by atoms with E-state index in [1.165, 1.54) is 31.3 Å². The molecule has 2 aromatic carbocycles. The average Bonchev–Trinajstić information content (AvgIpc) is 3.12. The normalized spacial score (nSPS) is 18.4. The SMILES string of the molecule is COc1ccc(OC)c(S(=O)(=O)N[C@H]2CC(=O)N(c3ccc4c(c3)OCCO4)C2)c1. The second-order valence-corrected chi connectivity index (χ2v) is 8.55. The molecule has 1 atom stereocenters. The second-order valence-electron chi connectivity index (χ2n) is 6.87. The van der Waals surface area contributed by atoms with E-state index < -0.39 is 16.1 Å². The first-order valence-electron chi connectivity index (χ1n) is 9.35. The number of hydrogen-bond donors (Lipinski definition) is 1. The molecule has 0 aliphatic carbocycles. The largest absolute Gasteiger partial charge is 0.497 e. The number of nitrogens with zero attached hydrogens (tertiary/aromatic N) is 1. The Morgan fingerprint density at radius 1 is 1.03 bits per heavy atom. The van der Waals surface area contributed by atoms with Gasteiger partial charge in [0.1, 0.15) is 29.6 Å². The fourth-order valence-corrected chi connectivity index (χ4v) is 4.92. The Bertz CT molecular complexity index is 1070. The number of nitrogens with one attached hydrogen (secondary N) is 1. The van der Waals surface area contributed by atoms with Crippen LogP contribution in [0.25, 0.3) is 0 Å². The van der Waals surface area contributed by atoms with Crippen LogP contribution >= 0.6 is 0 Å². The van der Waals surface area contributed by atoms with E-state index in [4.69, 9.17) is 18.9 Å². The van der Waals surface area contributed by atoms with Gasteiger partial charge in [0.2, 0.25) is 15.9 Å². The second kappa shape index (κ2) is 8.04. The van der Waals surface area contributed by atoms with Crippen molar-refractivity contribution >= 4 is 21.6 Å². The van der Waals surface area contributed by atoms with Gasteiger partial charge in [0.15, 0.2) is 11.5 Å². The van der Waals surface area contributed by atoms with Crippen molar-refractivity contribution in [3.05, 3.63) is 36.4 Å². The van der Waals surface area contributed by atoms with E-state index in [1.54, 1.807) is 24.3 Å². The highest BCUT2D eigenvalue weighted by Crippen LogP contribution is 2.35. The van der Waals surface area contributed by atoms with Crippen LogP contribution in [0.15, 0.2) is 41.3 Å². The van der Waals surface area contributed by atoms with E-state index in [-0.39, 0.29) is 29.5 Å². The first kappa shape index (κ1) is 20.3. The molecule has 1 N–H and O–H groups in total. The van der Waals surface area contributed by atoms with Gasteiger partial charge in [0.25, 0.3) is 0 Å². The Hall–Kier alpha value is -2.98. The maximum absolute atomic E-state index is 13.0. The number of hydrogen-bond acceptors (Lipinski definition) is 7. The summed E-state index contributed by atoms with van der Waals surface area (Å²) >= 11 is 0. The number of ether oxygens (including phenoxy) is 4. The van der Waals surface area contributed by atoms with E-state index in [2.05, 4.69) is 4.72 Å². The molecular formula is C20H22N2O7S. The van der Waals surface area contributed by atoms with E-state index in [9.17, 15) is 13.2 Å². The Kier molecular flexibility index (Phi) is 5.44.